The van der Waals surface area contributed by atoms with Crippen LogP contribution in [0.15, 0.2) is 4.47 Å². The molecule has 1 aromatic rings. The Morgan fingerprint density at radius 1 is 1.45 bits per heavy atom. The summed E-state index contributed by atoms with van der Waals surface area (Å²) in [5, 5.41) is 15.6. The van der Waals surface area contributed by atoms with E-state index in [-0.39, 0.29) is 0 Å². The Hall–Kier alpha value is -0.390. The van der Waals surface area contributed by atoms with Crippen LogP contribution in [0.4, 0.5) is 0 Å². The van der Waals surface area contributed by atoms with Crippen LogP contribution in [-0.4, -0.2) is 44.5 Å². The molecule has 0 amide bonds. The van der Waals surface area contributed by atoms with Crippen molar-refractivity contribution in [3.8, 4) is 0 Å². The van der Waals surface area contributed by atoms with E-state index < -0.39 is 5.60 Å². The predicted molar refractivity (Wildman–Crippen MR) is 82.8 cm³/mol. The predicted octanol–water partition coefficient (Wildman–Crippen LogP) is 2.28. The van der Waals surface area contributed by atoms with Gasteiger partial charge in [-0.15, -0.1) is 0 Å². The van der Waals surface area contributed by atoms with Gasteiger partial charge in [-0.3, -0.25) is 4.68 Å². The molecule has 2 atom stereocenters. The van der Waals surface area contributed by atoms with Crippen molar-refractivity contribution in [1.82, 2.24) is 14.7 Å². The number of fused-ring (bicyclic) bond motifs is 1. The average molecular weight is 342 g/mol. The molecule has 0 saturated carbocycles. The fourth-order valence-corrected chi connectivity index (χ4v) is 4.55. The monoisotopic (exact) mass is 341 g/mol. The van der Waals surface area contributed by atoms with Crippen LogP contribution in [0.25, 0.3) is 0 Å². The van der Waals surface area contributed by atoms with Crippen LogP contribution in [0.2, 0.25) is 0 Å². The molecule has 0 radical (unpaired) electrons. The molecule has 1 aromatic heterocycles. The van der Waals surface area contributed by atoms with Gasteiger partial charge in [-0.25, -0.2) is 0 Å². The SMILES string of the molecule is CCc1nn(C)c(CC2(O)CCN3CCCC3C2)c1Br. The van der Waals surface area contributed by atoms with Crippen molar-refractivity contribution in [2.24, 2.45) is 7.05 Å². The van der Waals surface area contributed by atoms with Crippen molar-refractivity contribution in [2.45, 2.75) is 57.1 Å². The summed E-state index contributed by atoms with van der Waals surface area (Å²) >= 11 is 3.66. The zero-order valence-electron chi connectivity index (χ0n) is 12.4. The normalized spacial score (nSPS) is 30.7. The van der Waals surface area contributed by atoms with Crippen LogP contribution in [0, 0.1) is 0 Å². The van der Waals surface area contributed by atoms with Crippen molar-refractivity contribution >= 4 is 15.9 Å². The van der Waals surface area contributed by atoms with Gasteiger partial charge in [0, 0.05) is 26.1 Å². The molecule has 4 nitrogen and oxygen atoms in total. The highest BCUT2D eigenvalue weighted by molar-refractivity contribution is 9.10. The van der Waals surface area contributed by atoms with Crippen molar-refractivity contribution < 1.29 is 5.11 Å². The number of hydrogen-bond acceptors (Lipinski definition) is 3. The molecule has 2 fully saturated rings. The maximum Gasteiger partial charge on any atom is 0.0766 e. The number of hydrogen-bond donors (Lipinski definition) is 1. The maximum absolute atomic E-state index is 11.0. The van der Waals surface area contributed by atoms with Gasteiger partial charge in [0.15, 0.2) is 0 Å². The molecule has 2 saturated heterocycles. The van der Waals surface area contributed by atoms with Gasteiger partial charge in [0.2, 0.25) is 0 Å². The number of aliphatic hydroxyl groups is 1. The minimum absolute atomic E-state index is 0.563. The quantitative estimate of drug-likeness (QED) is 0.916. The first-order chi connectivity index (χ1) is 9.52. The Morgan fingerprint density at radius 3 is 2.95 bits per heavy atom. The zero-order valence-corrected chi connectivity index (χ0v) is 14.0. The van der Waals surface area contributed by atoms with Crippen molar-refractivity contribution in [1.29, 1.82) is 0 Å². The molecular weight excluding hydrogens is 318 g/mol. The molecule has 1 N–H and O–H groups in total. The standard InChI is InChI=1S/C15H24BrN3O/c1-3-12-14(16)13(18(2)17-12)10-15(20)6-8-19-7-4-5-11(19)9-15/h11,20H,3-10H2,1-2H3. The van der Waals surface area contributed by atoms with E-state index in [9.17, 15) is 5.11 Å². The van der Waals surface area contributed by atoms with Gasteiger partial charge < -0.3 is 10.0 Å². The molecule has 112 valence electrons. The van der Waals surface area contributed by atoms with Gasteiger partial charge in [0.25, 0.3) is 0 Å². The lowest BCUT2D eigenvalue weighted by Gasteiger charge is -2.41. The third kappa shape index (κ3) is 2.55. The number of rotatable bonds is 3. The summed E-state index contributed by atoms with van der Waals surface area (Å²) in [6.07, 6.45) is 5.95. The van der Waals surface area contributed by atoms with E-state index in [2.05, 4.69) is 32.9 Å². The van der Waals surface area contributed by atoms with Gasteiger partial charge in [-0.2, -0.15) is 5.10 Å². The van der Waals surface area contributed by atoms with Crippen LogP contribution < -0.4 is 0 Å². The van der Waals surface area contributed by atoms with E-state index >= 15 is 0 Å². The summed E-state index contributed by atoms with van der Waals surface area (Å²) in [6.45, 7) is 4.37. The summed E-state index contributed by atoms with van der Waals surface area (Å²) in [4.78, 5) is 2.55. The van der Waals surface area contributed by atoms with Crippen LogP contribution in [0.1, 0.15) is 44.0 Å². The smallest absolute Gasteiger partial charge is 0.0766 e. The fraction of sp³-hybridized carbons (Fsp3) is 0.800. The lowest BCUT2D eigenvalue weighted by Crippen LogP contribution is -2.49. The first-order valence-corrected chi connectivity index (χ1v) is 8.48. The van der Waals surface area contributed by atoms with E-state index in [1.807, 2.05) is 11.7 Å². The zero-order chi connectivity index (χ0) is 14.3. The molecule has 0 aliphatic carbocycles. The summed E-state index contributed by atoms with van der Waals surface area (Å²) in [6, 6.07) is 0.589. The third-order valence-corrected chi connectivity index (χ3v) is 5.89. The number of aryl methyl sites for hydroxylation is 2. The number of halogens is 1. The van der Waals surface area contributed by atoms with Crippen LogP contribution in [0.5, 0.6) is 0 Å². The van der Waals surface area contributed by atoms with Gasteiger partial charge in [0.05, 0.1) is 21.5 Å². The molecular formula is C15H24BrN3O. The summed E-state index contributed by atoms with van der Waals surface area (Å²) in [5.41, 5.74) is 1.66. The number of aromatic nitrogens is 2. The Balaban J connectivity index is 1.78. The minimum Gasteiger partial charge on any atom is -0.389 e. The molecule has 0 bridgehead atoms. The second-order valence-electron chi connectivity index (χ2n) is 6.37. The van der Waals surface area contributed by atoms with E-state index in [4.69, 9.17) is 0 Å². The lowest BCUT2D eigenvalue weighted by molar-refractivity contribution is -0.0366. The molecule has 2 aliphatic heterocycles. The van der Waals surface area contributed by atoms with Crippen LogP contribution in [0.3, 0.4) is 0 Å². The summed E-state index contributed by atoms with van der Waals surface area (Å²) < 4.78 is 3.02. The third-order valence-electron chi connectivity index (χ3n) is 4.98. The van der Waals surface area contributed by atoms with Gasteiger partial charge in [-0.05, 0) is 54.6 Å². The van der Waals surface area contributed by atoms with Gasteiger partial charge in [-0.1, -0.05) is 6.92 Å². The largest absolute Gasteiger partial charge is 0.389 e. The van der Waals surface area contributed by atoms with Gasteiger partial charge >= 0.3 is 0 Å². The second-order valence-corrected chi connectivity index (χ2v) is 7.16. The molecule has 3 rings (SSSR count). The summed E-state index contributed by atoms with van der Waals surface area (Å²) in [7, 11) is 1.98. The van der Waals surface area contributed by atoms with E-state index in [0.717, 1.165) is 41.7 Å². The Bertz CT molecular complexity index is 502. The highest BCUT2D eigenvalue weighted by Crippen LogP contribution is 2.36. The van der Waals surface area contributed by atoms with Crippen molar-refractivity contribution in [2.75, 3.05) is 13.1 Å². The first kappa shape index (κ1) is 14.5. The molecule has 0 aromatic carbocycles. The Kier molecular flexibility index (Phi) is 3.95. The number of nitrogens with zero attached hydrogens (tertiary/aromatic N) is 3. The molecule has 2 unspecified atom stereocenters. The highest BCUT2D eigenvalue weighted by atomic mass is 79.9. The lowest BCUT2D eigenvalue weighted by atomic mass is 9.83. The molecule has 2 aliphatic rings. The first-order valence-electron chi connectivity index (χ1n) is 7.69. The Labute approximate surface area is 129 Å². The van der Waals surface area contributed by atoms with Gasteiger partial charge in [0.1, 0.15) is 0 Å². The average Bonchev–Trinajstić information content (AvgIpc) is 2.97. The van der Waals surface area contributed by atoms with Crippen molar-refractivity contribution in [3.05, 3.63) is 15.9 Å². The summed E-state index contributed by atoms with van der Waals surface area (Å²) in [5.74, 6) is 0. The second kappa shape index (κ2) is 5.43. The van der Waals surface area contributed by atoms with Crippen molar-refractivity contribution in [3.63, 3.8) is 0 Å². The topological polar surface area (TPSA) is 41.3 Å². The van der Waals surface area contributed by atoms with E-state index in [1.54, 1.807) is 0 Å². The molecule has 20 heavy (non-hydrogen) atoms. The van der Waals surface area contributed by atoms with Crippen LogP contribution in [-0.2, 0) is 19.9 Å². The van der Waals surface area contributed by atoms with E-state index in [0.29, 0.717) is 12.5 Å². The maximum atomic E-state index is 11.0. The molecule has 3 heterocycles. The van der Waals surface area contributed by atoms with Crippen LogP contribution >= 0.6 is 15.9 Å². The fourth-order valence-electron chi connectivity index (χ4n) is 3.80. The molecule has 5 heteroatoms. The number of piperidine rings is 1. The minimum atomic E-state index is -0.563. The molecule has 0 spiro atoms. The highest BCUT2D eigenvalue weighted by Gasteiger charge is 2.41. The Morgan fingerprint density at radius 2 is 2.25 bits per heavy atom. The van der Waals surface area contributed by atoms with E-state index in [1.165, 1.54) is 19.4 Å².